The van der Waals surface area contributed by atoms with Crippen LogP contribution in [0.5, 0.6) is 0 Å². The number of nitrogens with one attached hydrogen (secondary N) is 1. The molecule has 0 saturated heterocycles. The first-order chi connectivity index (χ1) is 13.7. The first-order valence-corrected chi connectivity index (χ1v) is 9.56. The van der Waals surface area contributed by atoms with Crippen molar-refractivity contribution >= 4 is 5.91 Å². The lowest BCUT2D eigenvalue weighted by Crippen LogP contribution is -2.40. The van der Waals surface area contributed by atoms with Crippen LogP contribution in [0.1, 0.15) is 11.1 Å². The lowest BCUT2D eigenvalue weighted by molar-refractivity contribution is -0.122. The van der Waals surface area contributed by atoms with Crippen LogP contribution < -0.4 is 11.1 Å². The molecule has 3 rings (SSSR count). The van der Waals surface area contributed by atoms with Crippen molar-refractivity contribution in [3.8, 4) is 5.69 Å². The largest absolute Gasteiger partial charge is 0.351 e. The van der Waals surface area contributed by atoms with E-state index in [0.717, 1.165) is 24.2 Å². The van der Waals surface area contributed by atoms with E-state index >= 15 is 0 Å². The van der Waals surface area contributed by atoms with Crippen molar-refractivity contribution in [2.24, 2.45) is 5.73 Å². The first-order valence-electron chi connectivity index (χ1n) is 9.56. The second kappa shape index (κ2) is 10.4. The third-order valence-electron chi connectivity index (χ3n) is 4.52. The zero-order valence-corrected chi connectivity index (χ0v) is 16.0. The van der Waals surface area contributed by atoms with Crippen LogP contribution in [-0.2, 0) is 17.8 Å². The molecule has 0 spiro atoms. The molecule has 3 N–H and O–H groups in total. The van der Waals surface area contributed by atoms with Crippen molar-refractivity contribution in [2.45, 2.75) is 13.0 Å². The maximum Gasteiger partial charge on any atom is 0.234 e. The molecule has 0 aliphatic heterocycles. The van der Waals surface area contributed by atoms with E-state index in [9.17, 15) is 4.79 Å². The monoisotopic (exact) mass is 377 g/mol. The number of carbonyl (C=O) groups is 1. The van der Waals surface area contributed by atoms with Crippen molar-refractivity contribution in [1.29, 1.82) is 0 Å². The third-order valence-corrected chi connectivity index (χ3v) is 4.52. The van der Waals surface area contributed by atoms with E-state index in [2.05, 4.69) is 27.4 Å². The highest BCUT2D eigenvalue weighted by molar-refractivity contribution is 5.78. The molecule has 2 aromatic carbocycles. The molecular weight excluding hydrogens is 350 g/mol. The molecule has 6 nitrogen and oxygen atoms in total. The Bertz CT molecular complexity index is 848. The van der Waals surface area contributed by atoms with Crippen LogP contribution in [0.3, 0.4) is 0 Å². The molecule has 0 atom stereocenters. The Hall–Kier alpha value is -2.96. The first kappa shape index (κ1) is 19.8. The van der Waals surface area contributed by atoms with Gasteiger partial charge in [0.05, 0.1) is 18.4 Å². The molecule has 0 radical (unpaired) electrons. The Morgan fingerprint density at radius 1 is 1.00 bits per heavy atom. The Morgan fingerprint density at radius 3 is 2.43 bits per heavy atom. The van der Waals surface area contributed by atoms with Crippen LogP contribution in [0.15, 0.2) is 73.1 Å². The fourth-order valence-corrected chi connectivity index (χ4v) is 3.02. The molecule has 3 aromatic rings. The predicted molar refractivity (Wildman–Crippen MR) is 111 cm³/mol. The van der Waals surface area contributed by atoms with E-state index in [1.165, 1.54) is 5.56 Å². The molecule has 0 fully saturated rings. The molecule has 1 aromatic heterocycles. The second-order valence-electron chi connectivity index (χ2n) is 6.71. The van der Waals surface area contributed by atoms with Crippen molar-refractivity contribution in [3.05, 3.63) is 84.2 Å². The number of hydrogen-bond donors (Lipinski definition) is 2. The number of nitrogens with zero attached hydrogens (tertiary/aromatic N) is 3. The van der Waals surface area contributed by atoms with E-state index < -0.39 is 0 Å². The Morgan fingerprint density at radius 2 is 1.71 bits per heavy atom. The summed E-state index contributed by atoms with van der Waals surface area (Å²) in [5, 5.41) is 7.33. The molecule has 0 unspecified atom stereocenters. The highest BCUT2D eigenvalue weighted by Gasteiger charge is 2.11. The molecule has 146 valence electrons. The molecule has 6 heteroatoms. The topological polar surface area (TPSA) is 76.2 Å². The summed E-state index contributed by atoms with van der Waals surface area (Å²) in [4.78, 5) is 14.5. The lowest BCUT2D eigenvalue weighted by Gasteiger charge is -2.21. The number of para-hydroxylation sites is 1. The minimum absolute atomic E-state index is 0.00558. The van der Waals surface area contributed by atoms with Gasteiger partial charge >= 0.3 is 0 Å². The number of aromatic nitrogens is 2. The fourth-order valence-electron chi connectivity index (χ4n) is 3.02. The minimum Gasteiger partial charge on any atom is -0.351 e. The molecule has 1 amide bonds. The number of amides is 1. The smallest absolute Gasteiger partial charge is 0.234 e. The van der Waals surface area contributed by atoms with Gasteiger partial charge in [0.2, 0.25) is 5.91 Å². The number of benzene rings is 2. The summed E-state index contributed by atoms with van der Waals surface area (Å²) in [5.41, 5.74) is 8.94. The average molecular weight is 377 g/mol. The van der Waals surface area contributed by atoms with Crippen LogP contribution in [0.4, 0.5) is 0 Å². The molecular formula is C22H27N5O. The maximum atomic E-state index is 12.4. The van der Waals surface area contributed by atoms with Crippen LogP contribution in [0.2, 0.25) is 0 Å². The van der Waals surface area contributed by atoms with E-state index in [0.29, 0.717) is 26.2 Å². The molecule has 0 aliphatic rings. The van der Waals surface area contributed by atoms with Crippen molar-refractivity contribution in [2.75, 3.05) is 26.2 Å². The summed E-state index contributed by atoms with van der Waals surface area (Å²) in [7, 11) is 0. The van der Waals surface area contributed by atoms with Crippen LogP contribution in [-0.4, -0.2) is 46.8 Å². The van der Waals surface area contributed by atoms with Crippen LogP contribution in [0, 0.1) is 0 Å². The van der Waals surface area contributed by atoms with E-state index in [1.807, 2.05) is 59.4 Å². The van der Waals surface area contributed by atoms with Crippen molar-refractivity contribution in [1.82, 2.24) is 20.0 Å². The normalized spacial score (nSPS) is 10.9. The maximum absolute atomic E-state index is 12.4. The standard InChI is InChI=1S/C22H27N5O/c23-12-14-26(13-11-19-7-3-1-4-8-19)18-22(28)24-15-20-16-25-27(17-20)21-9-5-2-6-10-21/h1-10,16-17H,11-15,18,23H2,(H,24,28). The van der Waals surface area contributed by atoms with E-state index in [1.54, 1.807) is 6.20 Å². The minimum atomic E-state index is -0.00558. The van der Waals surface area contributed by atoms with Gasteiger partial charge in [-0.1, -0.05) is 48.5 Å². The lowest BCUT2D eigenvalue weighted by atomic mass is 10.1. The van der Waals surface area contributed by atoms with Gasteiger partial charge in [0, 0.05) is 37.9 Å². The zero-order valence-electron chi connectivity index (χ0n) is 16.0. The third kappa shape index (κ3) is 6.04. The number of carbonyl (C=O) groups excluding carboxylic acids is 1. The molecule has 28 heavy (non-hydrogen) atoms. The van der Waals surface area contributed by atoms with Crippen molar-refractivity contribution in [3.63, 3.8) is 0 Å². The van der Waals surface area contributed by atoms with E-state index in [4.69, 9.17) is 5.73 Å². The van der Waals surface area contributed by atoms with Crippen LogP contribution >= 0.6 is 0 Å². The second-order valence-corrected chi connectivity index (χ2v) is 6.71. The van der Waals surface area contributed by atoms with Gasteiger partial charge in [0.1, 0.15) is 0 Å². The quantitative estimate of drug-likeness (QED) is 0.567. The summed E-state index contributed by atoms with van der Waals surface area (Å²) in [6.45, 7) is 2.84. The molecule has 0 bridgehead atoms. The molecule has 1 heterocycles. The number of hydrogen-bond acceptors (Lipinski definition) is 4. The summed E-state index contributed by atoms with van der Waals surface area (Å²) in [6.07, 6.45) is 4.61. The summed E-state index contributed by atoms with van der Waals surface area (Å²) < 4.78 is 1.81. The van der Waals surface area contributed by atoms with Gasteiger partial charge in [-0.3, -0.25) is 9.69 Å². The summed E-state index contributed by atoms with van der Waals surface area (Å²) in [5.74, 6) is -0.00558. The SMILES string of the molecule is NCCN(CCc1ccccc1)CC(=O)NCc1cnn(-c2ccccc2)c1. The van der Waals surface area contributed by atoms with Gasteiger partial charge in [-0.05, 0) is 24.1 Å². The highest BCUT2D eigenvalue weighted by atomic mass is 16.2. The summed E-state index contributed by atoms with van der Waals surface area (Å²) >= 11 is 0. The predicted octanol–water partition coefficient (Wildman–Crippen LogP) is 1.99. The molecule has 0 aliphatic carbocycles. The fraction of sp³-hybridized carbons (Fsp3) is 0.273. The van der Waals surface area contributed by atoms with Gasteiger partial charge in [0.15, 0.2) is 0 Å². The van der Waals surface area contributed by atoms with Gasteiger partial charge < -0.3 is 11.1 Å². The van der Waals surface area contributed by atoms with Gasteiger partial charge in [-0.25, -0.2) is 4.68 Å². The highest BCUT2D eigenvalue weighted by Crippen LogP contribution is 2.07. The molecule has 0 saturated carbocycles. The van der Waals surface area contributed by atoms with Gasteiger partial charge in [-0.2, -0.15) is 5.10 Å². The number of nitrogens with two attached hydrogens (primary N) is 1. The Kier molecular flexibility index (Phi) is 7.35. The van der Waals surface area contributed by atoms with E-state index in [-0.39, 0.29) is 5.91 Å². The average Bonchev–Trinajstić information content (AvgIpc) is 3.21. The zero-order chi connectivity index (χ0) is 19.6. The summed E-state index contributed by atoms with van der Waals surface area (Å²) in [6, 6.07) is 20.2. The van der Waals surface area contributed by atoms with Crippen LogP contribution in [0.25, 0.3) is 5.69 Å². The number of rotatable bonds is 10. The van der Waals surface area contributed by atoms with Gasteiger partial charge in [0.25, 0.3) is 0 Å². The Balaban J connectivity index is 1.47. The Labute approximate surface area is 166 Å². The van der Waals surface area contributed by atoms with Gasteiger partial charge in [-0.15, -0.1) is 0 Å². The van der Waals surface area contributed by atoms with Crippen molar-refractivity contribution < 1.29 is 4.79 Å².